The zero-order chi connectivity index (χ0) is 19.6. The lowest BCUT2D eigenvalue weighted by Gasteiger charge is -2.34. The molecular formula is C21H23FN2O3. The van der Waals surface area contributed by atoms with Gasteiger partial charge in [0.15, 0.2) is 0 Å². The van der Waals surface area contributed by atoms with E-state index in [0.717, 1.165) is 16.7 Å². The van der Waals surface area contributed by atoms with E-state index in [1.54, 1.807) is 4.90 Å². The molecule has 6 heteroatoms. The Morgan fingerprint density at radius 2 is 1.85 bits per heavy atom. The first-order valence-electron chi connectivity index (χ1n) is 8.85. The van der Waals surface area contributed by atoms with Crippen LogP contribution in [-0.4, -0.2) is 48.4 Å². The second kappa shape index (κ2) is 7.78. The summed E-state index contributed by atoms with van der Waals surface area (Å²) in [4.78, 5) is 28.4. The fourth-order valence-corrected chi connectivity index (χ4v) is 3.47. The molecule has 5 nitrogen and oxygen atoms in total. The van der Waals surface area contributed by atoms with E-state index in [9.17, 15) is 14.0 Å². The highest BCUT2D eigenvalue weighted by Gasteiger charge is 2.30. The molecule has 1 aliphatic rings. The summed E-state index contributed by atoms with van der Waals surface area (Å²) < 4.78 is 19.3. The van der Waals surface area contributed by atoms with Crippen molar-refractivity contribution in [3.8, 4) is 5.75 Å². The van der Waals surface area contributed by atoms with Crippen LogP contribution in [0.4, 0.5) is 4.39 Å². The third kappa shape index (κ3) is 4.10. The molecule has 0 radical (unpaired) electrons. The van der Waals surface area contributed by atoms with Gasteiger partial charge >= 0.3 is 0 Å². The predicted octanol–water partition coefficient (Wildman–Crippen LogP) is 2.94. The van der Waals surface area contributed by atoms with Gasteiger partial charge in [-0.05, 0) is 31.5 Å². The molecule has 0 saturated carbocycles. The summed E-state index contributed by atoms with van der Waals surface area (Å²) in [6.45, 7) is 5.25. The fraction of sp³-hybridized carbons (Fsp3) is 0.333. The van der Waals surface area contributed by atoms with E-state index in [4.69, 9.17) is 4.74 Å². The number of carbonyl (C=O) groups excluding carboxylic acids is 2. The van der Waals surface area contributed by atoms with Crippen LogP contribution < -0.4 is 4.74 Å². The van der Waals surface area contributed by atoms with Crippen molar-refractivity contribution < 1.29 is 18.7 Å². The van der Waals surface area contributed by atoms with Crippen LogP contribution in [0.3, 0.4) is 0 Å². The van der Waals surface area contributed by atoms with Crippen molar-refractivity contribution in [3.05, 3.63) is 64.5 Å². The molecule has 3 rings (SSSR count). The van der Waals surface area contributed by atoms with E-state index in [-0.39, 0.29) is 23.8 Å². The number of ether oxygens (including phenoxy) is 1. The van der Waals surface area contributed by atoms with Gasteiger partial charge in [0.25, 0.3) is 5.91 Å². The molecule has 0 N–H and O–H groups in total. The summed E-state index contributed by atoms with van der Waals surface area (Å²) in [5.74, 6) is -1.15. The third-order valence-electron chi connectivity index (χ3n) is 4.67. The molecule has 0 atom stereocenters. The number of carbonyl (C=O) groups is 2. The average molecular weight is 370 g/mol. The van der Waals surface area contributed by atoms with Gasteiger partial charge in [-0.15, -0.1) is 0 Å². The monoisotopic (exact) mass is 370 g/mol. The van der Waals surface area contributed by atoms with E-state index < -0.39 is 11.7 Å². The summed E-state index contributed by atoms with van der Waals surface area (Å²) in [5.41, 5.74) is 3.24. The van der Waals surface area contributed by atoms with E-state index >= 15 is 0 Å². The molecular weight excluding hydrogens is 347 g/mol. The van der Waals surface area contributed by atoms with Gasteiger partial charge in [-0.1, -0.05) is 35.4 Å². The van der Waals surface area contributed by atoms with Crippen molar-refractivity contribution >= 4 is 11.8 Å². The van der Waals surface area contributed by atoms with E-state index in [0.29, 0.717) is 19.6 Å². The van der Waals surface area contributed by atoms with Gasteiger partial charge in [0.05, 0.1) is 7.11 Å². The van der Waals surface area contributed by atoms with Crippen LogP contribution in [0.5, 0.6) is 5.75 Å². The van der Waals surface area contributed by atoms with Crippen molar-refractivity contribution in [2.24, 2.45) is 0 Å². The number of aryl methyl sites for hydroxylation is 2. The number of rotatable bonds is 4. The topological polar surface area (TPSA) is 49.9 Å². The van der Waals surface area contributed by atoms with Crippen molar-refractivity contribution in [2.75, 3.05) is 26.7 Å². The van der Waals surface area contributed by atoms with Crippen molar-refractivity contribution in [3.63, 3.8) is 0 Å². The van der Waals surface area contributed by atoms with Crippen LogP contribution in [0.25, 0.3) is 0 Å². The molecule has 0 aromatic heterocycles. The molecule has 2 aromatic rings. The fourth-order valence-electron chi connectivity index (χ4n) is 3.47. The maximum atomic E-state index is 14.2. The van der Waals surface area contributed by atoms with Gasteiger partial charge in [-0.25, -0.2) is 4.39 Å². The first-order chi connectivity index (χ1) is 12.9. The van der Waals surface area contributed by atoms with E-state index in [1.807, 2.05) is 13.8 Å². The van der Waals surface area contributed by atoms with Crippen LogP contribution in [0.1, 0.15) is 27.0 Å². The molecule has 2 aromatic carbocycles. The lowest BCUT2D eigenvalue weighted by atomic mass is 10.1. The zero-order valence-corrected chi connectivity index (χ0v) is 15.8. The zero-order valence-electron chi connectivity index (χ0n) is 15.8. The number of benzene rings is 2. The number of nitrogens with zero attached hydrogens (tertiary/aromatic N) is 2. The number of methoxy groups -OCH3 is 1. The van der Waals surface area contributed by atoms with E-state index in [1.165, 1.54) is 30.2 Å². The van der Waals surface area contributed by atoms with Crippen LogP contribution in [0, 0.1) is 19.7 Å². The standard InChI is InChI=1S/C21H23FN2O3/c1-14-9-15(2)11-16(10-14)12-23-7-8-24(13-19(23)25)21(26)20-17(22)5-4-6-18(20)27-3/h4-6,9-11H,7-8,12-13H2,1-3H3. The lowest BCUT2D eigenvalue weighted by Crippen LogP contribution is -2.52. The summed E-state index contributed by atoms with van der Waals surface area (Å²) in [6, 6.07) is 10.4. The molecule has 0 spiro atoms. The highest BCUT2D eigenvalue weighted by molar-refractivity contribution is 5.99. The number of amides is 2. The Bertz CT molecular complexity index is 861. The molecule has 0 aliphatic carbocycles. The Balaban J connectivity index is 1.72. The van der Waals surface area contributed by atoms with Gasteiger partial charge in [0.2, 0.25) is 5.91 Å². The molecule has 2 amide bonds. The smallest absolute Gasteiger partial charge is 0.261 e. The van der Waals surface area contributed by atoms with Crippen molar-refractivity contribution in [1.29, 1.82) is 0 Å². The summed E-state index contributed by atoms with van der Waals surface area (Å²) in [6.07, 6.45) is 0. The van der Waals surface area contributed by atoms with Gasteiger partial charge in [0, 0.05) is 19.6 Å². The maximum Gasteiger partial charge on any atom is 0.261 e. The normalized spacial score (nSPS) is 14.4. The van der Waals surface area contributed by atoms with Crippen molar-refractivity contribution in [2.45, 2.75) is 20.4 Å². The van der Waals surface area contributed by atoms with Gasteiger partial charge in [0.1, 0.15) is 23.7 Å². The molecule has 1 fully saturated rings. The highest BCUT2D eigenvalue weighted by atomic mass is 19.1. The molecule has 1 aliphatic heterocycles. The third-order valence-corrected chi connectivity index (χ3v) is 4.67. The van der Waals surface area contributed by atoms with E-state index in [2.05, 4.69) is 18.2 Å². The predicted molar refractivity (Wildman–Crippen MR) is 100 cm³/mol. The number of halogens is 1. The van der Waals surface area contributed by atoms with Gasteiger partial charge < -0.3 is 14.5 Å². The molecule has 1 saturated heterocycles. The Morgan fingerprint density at radius 3 is 2.48 bits per heavy atom. The quantitative estimate of drug-likeness (QED) is 0.832. The second-order valence-electron chi connectivity index (χ2n) is 6.86. The first kappa shape index (κ1) is 18.9. The minimum atomic E-state index is -0.649. The minimum Gasteiger partial charge on any atom is -0.496 e. The Labute approximate surface area is 158 Å². The largest absolute Gasteiger partial charge is 0.496 e. The second-order valence-corrected chi connectivity index (χ2v) is 6.86. The average Bonchev–Trinajstić information content (AvgIpc) is 2.61. The van der Waals surface area contributed by atoms with Crippen LogP contribution in [0.15, 0.2) is 36.4 Å². The molecule has 27 heavy (non-hydrogen) atoms. The van der Waals surface area contributed by atoms with Crippen LogP contribution in [-0.2, 0) is 11.3 Å². The highest BCUT2D eigenvalue weighted by Crippen LogP contribution is 2.24. The Hall–Kier alpha value is -2.89. The number of hydrogen-bond acceptors (Lipinski definition) is 3. The van der Waals surface area contributed by atoms with Gasteiger partial charge in [-0.3, -0.25) is 9.59 Å². The Morgan fingerprint density at radius 1 is 1.15 bits per heavy atom. The Kier molecular flexibility index (Phi) is 5.44. The SMILES string of the molecule is COc1cccc(F)c1C(=O)N1CCN(Cc2cc(C)cc(C)c2)C(=O)C1. The molecule has 0 unspecified atom stereocenters. The summed E-state index contributed by atoms with van der Waals surface area (Å²) >= 11 is 0. The van der Waals surface area contributed by atoms with Crippen LogP contribution >= 0.6 is 0 Å². The molecule has 142 valence electrons. The van der Waals surface area contributed by atoms with Crippen molar-refractivity contribution in [1.82, 2.24) is 9.80 Å². The summed E-state index contributed by atoms with van der Waals surface area (Å²) in [7, 11) is 1.39. The minimum absolute atomic E-state index is 0.0683. The first-order valence-corrected chi connectivity index (χ1v) is 8.85. The lowest BCUT2D eigenvalue weighted by molar-refractivity contribution is -0.135. The summed E-state index contributed by atoms with van der Waals surface area (Å²) in [5, 5.41) is 0. The van der Waals surface area contributed by atoms with Gasteiger partial charge in [-0.2, -0.15) is 0 Å². The van der Waals surface area contributed by atoms with Crippen LogP contribution in [0.2, 0.25) is 0 Å². The number of hydrogen-bond donors (Lipinski definition) is 0. The molecule has 0 bridgehead atoms. The maximum absolute atomic E-state index is 14.2. The molecule has 1 heterocycles. The number of piperazine rings is 1.